The van der Waals surface area contributed by atoms with Crippen LogP contribution in [0.15, 0.2) is 12.5 Å². The van der Waals surface area contributed by atoms with Gasteiger partial charge in [-0.3, -0.25) is 4.79 Å². The predicted octanol–water partition coefficient (Wildman–Crippen LogP) is 2.06. The number of rotatable bonds is 3. The number of halogens is 1. The molecule has 4 heteroatoms. The van der Waals surface area contributed by atoms with E-state index in [0.29, 0.717) is 18.0 Å². The van der Waals surface area contributed by atoms with Crippen LogP contribution in [0.25, 0.3) is 0 Å². The van der Waals surface area contributed by atoms with Crippen molar-refractivity contribution in [3.63, 3.8) is 0 Å². The second-order valence-electron chi connectivity index (χ2n) is 2.99. The number of aromatic amines is 1. The second kappa shape index (κ2) is 4.93. The number of hydrogen-bond donors (Lipinski definition) is 1. The Morgan fingerprint density at radius 2 is 2.33 bits per heavy atom. The number of hydrogen-bond acceptors (Lipinski definition) is 2. The van der Waals surface area contributed by atoms with Gasteiger partial charge in [0, 0.05) is 6.42 Å². The molecule has 1 aromatic rings. The second-order valence-corrected chi connectivity index (χ2v) is 2.99. The van der Waals surface area contributed by atoms with Crippen molar-refractivity contribution in [2.24, 2.45) is 5.92 Å². The minimum atomic E-state index is 0. The Morgan fingerprint density at radius 1 is 1.67 bits per heavy atom. The lowest BCUT2D eigenvalue weighted by atomic mass is 10.1. The van der Waals surface area contributed by atoms with Crippen LogP contribution in [0.4, 0.5) is 0 Å². The molecule has 12 heavy (non-hydrogen) atoms. The Morgan fingerprint density at radius 3 is 2.75 bits per heavy atom. The lowest BCUT2D eigenvalue weighted by Gasteiger charge is -1.99. The van der Waals surface area contributed by atoms with Crippen molar-refractivity contribution >= 4 is 18.2 Å². The zero-order valence-corrected chi connectivity index (χ0v) is 8.02. The maximum atomic E-state index is 11.2. The average Bonchev–Trinajstić information content (AvgIpc) is 2.35. The highest BCUT2D eigenvalue weighted by molar-refractivity contribution is 5.94. The molecule has 3 nitrogen and oxygen atoms in total. The monoisotopic (exact) mass is 188 g/mol. The fraction of sp³-hybridized carbons (Fsp3) is 0.500. The van der Waals surface area contributed by atoms with E-state index in [4.69, 9.17) is 0 Å². The summed E-state index contributed by atoms with van der Waals surface area (Å²) in [5.74, 6) is 0.545. The number of Topliss-reactive ketones (excluding diaryl/α,β-unsaturated/α-hetero) is 1. The molecule has 1 rings (SSSR count). The normalized spacial score (nSPS) is 9.58. The number of ketones is 1. The van der Waals surface area contributed by atoms with Gasteiger partial charge in [0.25, 0.3) is 0 Å². The summed E-state index contributed by atoms with van der Waals surface area (Å²) in [6, 6.07) is 0. The summed E-state index contributed by atoms with van der Waals surface area (Å²) in [6.45, 7) is 4.04. The molecule has 1 N–H and O–H groups in total. The van der Waals surface area contributed by atoms with Crippen LogP contribution in [0, 0.1) is 5.92 Å². The third-order valence-corrected chi connectivity index (χ3v) is 1.39. The number of carbonyl (C=O) groups excluding carboxylic acids is 1. The maximum absolute atomic E-state index is 11.2. The van der Waals surface area contributed by atoms with Gasteiger partial charge in [-0.2, -0.15) is 0 Å². The molecule has 0 aliphatic heterocycles. The molecule has 0 spiro atoms. The van der Waals surface area contributed by atoms with Crippen LogP contribution in [0.1, 0.15) is 30.8 Å². The van der Waals surface area contributed by atoms with Gasteiger partial charge < -0.3 is 4.98 Å². The Labute approximate surface area is 78.0 Å². The summed E-state index contributed by atoms with van der Waals surface area (Å²) in [4.78, 5) is 17.8. The molecular weight excluding hydrogens is 176 g/mol. The molecule has 0 aliphatic carbocycles. The number of nitrogens with one attached hydrogen (secondary N) is 1. The minimum Gasteiger partial charge on any atom is -0.342 e. The minimum absolute atomic E-state index is 0. The van der Waals surface area contributed by atoms with Gasteiger partial charge in [-0.1, -0.05) is 13.8 Å². The summed E-state index contributed by atoms with van der Waals surface area (Å²) in [5, 5.41) is 0. The molecule has 0 saturated carbocycles. The molecule has 0 aromatic carbocycles. The first-order chi connectivity index (χ1) is 5.20. The highest BCUT2D eigenvalue weighted by Gasteiger charge is 2.08. The largest absolute Gasteiger partial charge is 0.342 e. The number of H-pyrrole nitrogens is 1. The van der Waals surface area contributed by atoms with E-state index in [1.165, 1.54) is 6.33 Å². The van der Waals surface area contributed by atoms with Crippen LogP contribution in [0.2, 0.25) is 0 Å². The zero-order chi connectivity index (χ0) is 8.27. The zero-order valence-electron chi connectivity index (χ0n) is 7.20. The maximum Gasteiger partial charge on any atom is 0.180 e. The molecule has 0 atom stereocenters. The molecule has 0 aliphatic rings. The van der Waals surface area contributed by atoms with E-state index in [1.54, 1.807) is 6.20 Å². The van der Waals surface area contributed by atoms with Crippen molar-refractivity contribution < 1.29 is 4.79 Å². The molecule has 1 heterocycles. The summed E-state index contributed by atoms with van der Waals surface area (Å²) in [6.07, 6.45) is 3.67. The third kappa shape index (κ3) is 3.05. The van der Waals surface area contributed by atoms with Gasteiger partial charge in [0.2, 0.25) is 0 Å². The highest BCUT2D eigenvalue weighted by atomic mass is 35.5. The quantitative estimate of drug-likeness (QED) is 0.739. The Kier molecular flexibility index (Phi) is 4.59. The average molecular weight is 189 g/mol. The predicted molar refractivity (Wildman–Crippen MR) is 49.6 cm³/mol. The first kappa shape index (κ1) is 11.2. The van der Waals surface area contributed by atoms with Crippen molar-refractivity contribution in [3.8, 4) is 0 Å². The molecule has 0 radical (unpaired) electrons. The van der Waals surface area contributed by atoms with Crippen molar-refractivity contribution in [2.45, 2.75) is 20.3 Å². The van der Waals surface area contributed by atoms with Crippen LogP contribution in [-0.2, 0) is 0 Å². The molecular formula is C8H13ClN2O. The van der Waals surface area contributed by atoms with Gasteiger partial charge in [-0.05, 0) is 5.92 Å². The Balaban J connectivity index is 0.00000121. The van der Waals surface area contributed by atoms with E-state index < -0.39 is 0 Å². The number of nitrogens with zero attached hydrogens (tertiary/aromatic N) is 1. The highest BCUT2D eigenvalue weighted by Crippen LogP contribution is 2.05. The summed E-state index contributed by atoms with van der Waals surface area (Å²) >= 11 is 0. The number of imidazole rings is 1. The SMILES string of the molecule is CC(C)CC(=O)c1cnc[nH]1.Cl. The fourth-order valence-corrected chi connectivity index (χ4v) is 0.889. The third-order valence-electron chi connectivity index (χ3n) is 1.39. The van der Waals surface area contributed by atoms with Crippen molar-refractivity contribution in [3.05, 3.63) is 18.2 Å². The lowest BCUT2D eigenvalue weighted by Crippen LogP contribution is -2.03. The number of carbonyl (C=O) groups is 1. The molecule has 0 bridgehead atoms. The van der Waals surface area contributed by atoms with E-state index in [2.05, 4.69) is 9.97 Å². The summed E-state index contributed by atoms with van der Waals surface area (Å²) < 4.78 is 0. The van der Waals surface area contributed by atoms with E-state index in [9.17, 15) is 4.79 Å². The standard InChI is InChI=1S/C8H12N2O.ClH/c1-6(2)3-8(11)7-4-9-5-10-7;/h4-6H,3H2,1-2H3,(H,9,10);1H. The molecule has 68 valence electrons. The first-order valence-electron chi connectivity index (χ1n) is 3.71. The van der Waals surface area contributed by atoms with Crippen molar-refractivity contribution in [2.75, 3.05) is 0 Å². The van der Waals surface area contributed by atoms with Crippen LogP contribution in [-0.4, -0.2) is 15.8 Å². The van der Waals surface area contributed by atoms with Gasteiger partial charge >= 0.3 is 0 Å². The fourth-order valence-electron chi connectivity index (χ4n) is 0.889. The Bertz CT molecular complexity index is 231. The van der Waals surface area contributed by atoms with Gasteiger partial charge in [-0.15, -0.1) is 12.4 Å². The topological polar surface area (TPSA) is 45.8 Å². The van der Waals surface area contributed by atoms with Gasteiger partial charge in [-0.25, -0.2) is 4.98 Å². The molecule has 0 fully saturated rings. The van der Waals surface area contributed by atoms with Crippen LogP contribution in [0.3, 0.4) is 0 Å². The van der Waals surface area contributed by atoms with Crippen LogP contribution in [0.5, 0.6) is 0 Å². The summed E-state index contributed by atoms with van der Waals surface area (Å²) in [5.41, 5.74) is 0.610. The van der Waals surface area contributed by atoms with Crippen LogP contribution >= 0.6 is 12.4 Å². The van der Waals surface area contributed by atoms with Crippen molar-refractivity contribution in [1.29, 1.82) is 0 Å². The van der Waals surface area contributed by atoms with Gasteiger partial charge in [0.15, 0.2) is 5.78 Å². The van der Waals surface area contributed by atoms with E-state index in [0.717, 1.165) is 0 Å². The molecule has 1 aromatic heterocycles. The Hall–Kier alpha value is -0.830. The summed E-state index contributed by atoms with van der Waals surface area (Å²) in [7, 11) is 0. The molecule has 0 amide bonds. The van der Waals surface area contributed by atoms with E-state index >= 15 is 0 Å². The van der Waals surface area contributed by atoms with E-state index in [1.807, 2.05) is 13.8 Å². The van der Waals surface area contributed by atoms with Crippen molar-refractivity contribution in [1.82, 2.24) is 9.97 Å². The number of aromatic nitrogens is 2. The lowest BCUT2D eigenvalue weighted by molar-refractivity contribution is 0.0963. The van der Waals surface area contributed by atoms with E-state index in [-0.39, 0.29) is 18.2 Å². The van der Waals surface area contributed by atoms with Gasteiger partial charge in [0.1, 0.15) is 5.69 Å². The molecule has 0 unspecified atom stereocenters. The first-order valence-corrected chi connectivity index (χ1v) is 3.71. The smallest absolute Gasteiger partial charge is 0.180 e. The van der Waals surface area contributed by atoms with Gasteiger partial charge in [0.05, 0.1) is 12.5 Å². The molecule has 0 saturated heterocycles. The van der Waals surface area contributed by atoms with Crippen LogP contribution < -0.4 is 0 Å².